The summed E-state index contributed by atoms with van der Waals surface area (Å²) >= 11 is 0. The van der Waals surface area contributed by atoms with Gasteiger partial charge < -0.3 is 14.5 Å². The van der Waals surface area contributed by atoms with E-state index in [-0.39, 0.29) is 17.9 Å². The average molecular weight is 399 g/mol. The third-order valence-electron chi connectivity index (χ3n) is 5.59. The first kappa shape index (κ1) is 18.4. The fraction of sp³-hybridized carbons (Fsp3) is 0.208. The topological polar surface area (TPSA) is 62.7 Å². The van der Waals surface area contributed by atoms with Crippen molar-refractivity contribution in [3.8, 4) is 5.75 Å². The van der Waals surface area contributed by atoms with Gasteiger partial charge in [0, 0.05) is 12.6 Å². The second kappa shape index (κ2) is 7.63. The first-order valence-electron chi connectivity index (χ1n) is 10.0. The molecule has 2 aromatic carbocycles. The summed E-state index contributed by atoms with van der Waals surface area (Å²) in [6, 6.07) is 22.0. The third-order valence-corrected chi connectivity index (χ3v) is 5.59. The molecule has 3 aromatic rings. The molecule has 1 fully saturated rings. The van der Waals surface area contributed by atoms with Gasteiger partial charge >= 0.3 is 0 Å². The summed E-state index contributed by atoms with van der Waals surface area (Å²) in [5.41, 5.74) is 2.08. The van der Waals surface area contributed by atoms with Gasteiger partial charge in [-0.3, -0.25) is 14.6 Å². The van der Waals surface area contributed by atoms with Gasteiger partial charge in [-0.2, -0.15) is 0 Å². The minimum Gasteiger partial charge on any atom is -0.486 e. The van der Waals surface area contributed by atoms with Gasteiger partial charge in [0.1, 0.15) is 23.6 Å². The molecule has 0 spiro atoms. The highest BCUT2D eigenvalue weighted by Crippen LogP contribution is 2.37. The number of hydrogen-bond acceptors (Lipinski definition) is 4. The lowest BCUT2D eigenvalue weighted by molar-refractivity contribution is -0.122. The van der Waals surface area contributed by atoms with Crippen molar-refractivity contribution in [2.75, 3.05) is 11.4 Å². The lowest BCUT2D eigenvalue weighted by atomic mass is 10.1. The van der Waals surface area contributed by atoms with Crippen LogP contribution in [0.25, 0.3) is 0 Å². The molecule has 2 bridgehead atoms. The predicted octanol–water partition coefficient (Wildman–Crippen LogP) is 3.29. The predicted molar refractivity (Wildman–Crippen MR) is 112 cm³/mol. The minimum atomic E-state index is -0.582. The van der Waals surface area contributed by atoms with Gasteiger partial charge in [-0.25, -0.2) is 0 Å². The number of carbonyl (C=O) groups is 2. The van der Waals surface area contributed by atoms with Gasteiger partial charge in [0.25, 0.3) is 5.91 Å². The highest BCUT2D eigenvalue weighted by atomic mass is 16.5. The lowest BCUT2D eigenvalue weighted by Gasteiger charge is -2.31. The van der Waals surface area contributed by atoms with Gasteiger partial charge in [-0.05, 0) is 29.8 Å². The van der Waals surface area contributed by atoms with Gasteiger partial charge in [0.15, 0.2) is 0 Å². The number of benzene rings is 2. The van der Waals surface area contributed by atoms with Gasteiger partial charge in [-0.1, -0.05) is 48.5 Å². The van der Waals surface area contributed by atoms with Crippen LogP contribution in [0.1, 0.15) is 22.5 Å². The zero-order valence-corrected chi connectivity index (χ0v) is 16.3. The number of anilines is 1. The van der Waals surface area contributed by atoms with Gasteiger partial charge in [0.05, 0.1) is 18.8 Å². The van der Waals surface area contributed by atoms with Crippen molar-refractivity contribution < 1.29 is 14.3 Å². The van der Waals surface area contributed by atoms with Crippen LogP contribution in [0.2, 0.25) is 0 Å². The van der Waals surface area contributed by atoms with E-state index in [0.717, 1.165) is 11.3 Å². The molecule has 0 aliphatic carbocycles. The molecule has 2 aliphatic heterocycles. The molecule has 0 saturated carbocycles. The van der Waals surface area contributed by atoms with E-state index in [9.17, 15) is 9.59 Å². The second-order valence-corrected chi connectivity index (χ2v) is 7.54. The molecule has 5 rings (SSSR count). The number of fused-ring (bicyclic) bond motifs is 3. The summed E-state index contributed by atoms with van der Waals surface area (Å²) in [6.07, 6.45) is 1.83. The number of aromatic nitrogens is 1. The Kier molecular flexibility index (Phi) is 4.67. The number of likely N-dealkylation sites (tertiary alicyclic amines) is 1. The number of rotatable bonds is 3. The molecule has 6 nitrogen and oxygen atoms in total. The zero-order chi connectivity index (χ0) is 20.5. The van der Waals surface area contributed by atoms with E-state index >= 15 is 0 Å². The summed E-state index contributed by atoms with van der Waals surface area (Å²) in [5, 5.41) is 0. The van der Waals surface area contributed by atoms with Crippen LogP contribution in [-0.4, -0.2) is 40.4 Å². The SMILES string of the molecule is O=C1[C@@H]2C[C@@H](CN2C(=O)c2ccccn2)Oc2ccccc2N1Cc1ccccc1. The molecule has 6 heteroatoms. The number of amides is 2. The molecule has 30 heavy (non-hydrogen) atoms. The van der Waals surface area contributed by atoms with Crippen molar-refractivity contribution in [3.63, 3.8) is 0 Å². The minimum absolute atomic E-state index is 0.0959. The molecule has 0 radical (unpaired) electrons. The Hall–Kier alpha value is -3.67. The molecule has 150 valence electrons. The van der Waals surface area contributed by atoms with Crippen LogP contribution in [0.15, 0.2) is 79.0 Å². The molecule has 0 unspecified atom stereocenters. The third kappa shape index (κ3) is 3.30. The van der Waals surface area contributed by atoms with E-state index in [4.69, 9.17) is 4.74 Å². The quantitative estimate of drug-likeness (QED) is 0.678. The first-order valence-corrected chi connectivity index (χ1v) is 10.0. The van der Waals surface area contributed by atoms with Crippen molar-refractivity contribution >= 4 is 17.5 Å². The second-order valence-electron chi connectivity index (χ2n) is 7.54. The number of para-hydroxylation sites is 2. The zero-order valence-electron chi connectivity index (χ0n) is 16.3. The van der Waals surface area contributed by atoms with Gasteiger partial charge in [0.2, 0.25) is 5.91 Å². The average Bonchev–Trinajstić information content (AvgIpc) is 3.22. The standard InChI is InChI=1S/C24H21N3O3/c28-23(19-10-6-7-13-25-19)27-16-18-14-21(27)24(29)26(15-17-8-2-1-3-9-17)20-11-4-5-12-22(20)30-18/h1-13,18,21H,14-16H2/t18-,21-/m0/s1. The highest BCUT2D eigenvalue weighted by molar-refractivity contribution is 6.03. The number of hydrogen-bond donors (Lipinski definition) is 0. The van der Waals surface area contributed by atoms with E-state index in [0.29, 0.717) is 31.0 Å². The molecule has 2 aliphatic rings. The maximum Gasteiger partial charge on any atom is 0.273 e. The number of ether oxygens (including phenoxy) is 1. The van der Waals surface area contributed by atoms with Crippen molar-refractivity contribution in [1.29, 1.82) is 0 Å². The van der Waals surface area contributed by atoms with Crippen molar-refractivity contribution in [2.24, 2.45) is 0 Å². The molecule has 3 heterocycles. The van der Waals surface area contributed by atoms with E-state index in [1.165, 1.54) is 0 Å². The Balaban J connectivity index is 1.53. The number of carbonyl (C=O) groups excluding carboxylic acids is 2. The number of nitrogens with zero attached hydrogens (tertiary/aromatic N) is 3. The fourth-order valence-electron chi connectivity index (χ4n) is 4.16. The normalized spacial score (nSPS) is 20.2. The Morgan fingerprint density at radius 2 is 1.77 bits per heavy atom. The van der Waals surface area contributed by atoms with Crippen LogP contribution in [0.3, 0.4) is 0 Å². The van der Waals surface area contributed by atoms with E-state index < -0.39 is 6.04 Å². The van der Waals surface area contributed by atoms with Crippen LogP contribution in [-0.2, 0) is 11.3 Å². The van der Waals surface area contributed by atoms with Crippen LogP contribution in [0.5, 0.6) is 5.75 Å². The summed E-state index contributed by atoms with van der Waals surface area (Å²) in [6.45, 7) is 0.770. The summed E-state index contributed by atoms with van der Waals surface area (Å²) in [7, 11) is 0. The molecule has 2 atom stereocenters. The van der Waals surface area contributed by atoms with Gasteiger partial charge in [-0.15, -0.1) is 0 Å². The monoisotopic (exact) mass is 399 g/mol. The van der Waals surface area contributed by atoms with Crippen molar-refractivity contribution in [1.82, 2.24) is 9.88 Å². The Bertz CT molecular complexity index is 1070. The Morgan fingerprint density at radius 3 is 2.57 bits per heavy atom. The molecular weight excluding hydrogens is 378 g/mol. The molecule has 0 N–H and O–H groups in total. The molecule has 1 saturated heterocycles. The van der Waals surface area contributed by atoms with E-state index in [2.05, 4.69) is 4.98 Å². The van der Waals surface area contributed by atoms with E-state index in [1.807, 2.05) is 54.6 Å². The first-order chi connectivity index (χ1) is 14.7. The number of pyridine rings is 1. The summed E-state index contributed by atoms with van der Waals surface area (Å²) in [5.74, 6) is 0.324. The maximum atomic E-state index is 13.7. The van der Waals surface area contributed by atoms with Crippen LogP contribution >= 0.6 is 0 Å². The lowest BCUT2D eigenvalue weighted by Crippen LogP contribution is -2.48. The van der Waals surface area contributed by atoms with E-state index in [1.54, 1.807) is 34.2 Å². The fourth-order valence-corrected chi connectivity index (χ4v) is 4.16. The summed E-state index contributed by atoms with van der Waals surface area (Å²) < 4.78 is 6.25. The highest BCUT2D eigenvalue weighted by Gasteiger charge is 2.45. The summed E-state index contributed by atoms with van der Waals surface area (Å²) in [4.78, 5) is 34.4. The maximum absolute atomic E-state index is 13.7. The smallest absolute Gasteiger partial charge is 0.273 e. The largest absolute Gasteiger partial charge is 0.486 e. The molecule has 2 amide bonds. The molecule has 1 aromatic heterocycles. The van der Waals surface area contributed by atoms with Crippen molar-refractivity contribution in [2.45, 2.75) is 25.1 Å². The molecular formula is C24H21N3O3. The van der Waals surface area contributed by atoms with Crippen LogP contribution in [0.4, 0.5) is 5.69 Å². The van der Waals surface area contributed by atoms with Crippen LogP contribution in [0, 0.1) is 0 Å². The van der Waals surface area contributed by atoms with Crippen LogP contribution < -0.4 is 9.64 Å². The Labute approximate surface area is 174 Å². The Morgan fingerprint density at radius 1 is 1.00 bits per heavy atom. The van der Waals surface area contributed by atoms with Crippen molar-refractivity contribution in [3.05, 3.63) is 90.3 Å².